The summed E-state index contributed by atoms with van der Waals surface area (Å²) in [6.07, 6.45) is 1.57. The first kappa shape index (κ1) is 17.9. The molecule has 0 saturated carbocycles. The van der Waals surface area contributed by atoms with Crippen LogP contribution in [0.1, 0.15) is 37.2 Å². The molecule has 24 heavy (non-hydrogen) atoms. The van der Waals surface area contributed by atoms with Crippen molar-refractivity contribution in [3.05, 3.63) is 47.2 Å². The molecule has 0 bridgehead atoms. The van der Waals surface area contributed by atoms with Gasteiger partial charge in [-0.1, -0.05) is 23.7 Å². The summed E-state index contributed by atoms with van der Waals surface area (Å²) in [7, 11) is 0. The van der Waals surface area contributed by atoms with E-state index in [-0.39, 0.29) is 42.0 Å². The number of carbonyl (C=O) groups is 2. The Morgan fingerprint density at radius 3 is 2.58 bits per heavy atom. The van der Waals surface area contributed by atoms with Crippen molar-refractivity contribution in [3.8, 4) is 16.9 Å². The van der Waals surface area contributed by atoms with Crippen LogP contribution in [-0.2, 0) is 4.79 Å². The van der Waals surface area contributed by atoms with Crippen molar-refractivity contribution >= 4 is 23.3 Å². The molecule has 126 valence electrons. The minimum atomic E-state index is -0.371. The number of nitrogens with zero attached hydrogens (tertiary/aromatic N) is 1. The fraction of sp³-hybridized carbons (Fsp3) is 0.278. The third kappa shape index (κ3) is 4.80. The molecule has 0 aliphatic heterocycles. The molecule has 0 saturated heterocycles. The first-order valence-electron chi connectivity index (χ1n) is 7.64. The summed E-state index contributed by atoms with van der Waals surface area (Å²) in [5.41, 5.74) is 1.42. The average Bonchev–Trinajstić information content (AvgIpc) is 2.52. The Balaban J connectivity index is 2.09. The lowest BCUT2D eigenvalue weighted by molar-refractivity contribution is -0.121. The average molecular weight is 347 g/mol. The predicted octanol–water partition coefficient (Wildman–Crippen LogP) is 3.60. The van der Waals surface area contributed by atoms with Gasteiger partial charge in [-0.15, -0.1) is 0 Å². The van der Waals surface area contributed by atoms with Crippen LogP contribution in [0.4, 0.5) is 0 Å². The Morgan fingerprint density at radius 2 is 1.96 bits per heavy atom. The first-order chi connectivity index (χ1) is 11.4. The van der Waals surface area contributed by atoms with Crippen molar-refractivity contribution in [2.75, 3.05) is 0 Å². The van der Waals surface area contributed by atoms with Gasteiger partial charge in [-0.3, -0.25) is 9.59 Å². The molecule has 2 aromatic rings. The highest BCUT2D eigenvalue weighted by atomic mass is 35.5. The predicted molar refractivity (Wildman–Crippen MR) is 93.2 cm³/mol. The maximum Gasteiger partial charge on any atom is 0.220 e. The molecule has 0 atom stereocenters. The number of Topliss-reactive ketones (excluding diaryl/α,β-unsaturated/α-hetero) is 1. The van der Waals surface area contributed by atoms with Crippen molar-refractivity contribution in [2.45, 2.75) is 32.7 Å². The smallest absolute Gasteiger partial charge is 0.220 e. The SMILES string of the molecule is CC(C)NC(=O)CCC(=O)c1ncc(-c2cccc(Cl)c2)cc1O. The van der Waals surface area contributed by atoms with Gasteiger partial charge in [0, 0.05) is 35.7 Å². The summed E-state index contributed by atoms with van der Waals surface area (Å²) < 4.78 is 0. The zero-order valence-corrected chi connectivity index (χ0v) is 14.3. The van der Waals surface area contributed by atoms with E-state index in [0.29, 0.717) is 10.6 Å². The highest BCUT2D eigenvalue weighted by Gasteiger charge is 2.16. The van der Waals surface area contributed by atoms with E-state index in [4.69, 9.17) is 11.6 Å². The monoisotopic (exact) mass is 346 g/mol. The molecule has 0 fully saturated rings. The zero-order chi connectivity index (χ0) is 17.7. The molecule has 6 heteroatoms. The van der Waals surface area contributed by atoms with Crippen LogP contribution in [0.2, 0.25) is 5.02 Å². The van der Waals surface area contributed by atoms with Crippen molar-refractivity contribution in [3.63, 3.8) is 0 Å². The Kier molecular flexibility index (Phi) is 5.93. The number of aromatic hydroxyl groups is 1. The van der Waals surface area contributed by atoms with Crippen LogP contribution in [0, 0.1) is 0 Å². The number of amides is 1. The summed E-state index contributed by atoms with van der Waals surface area (Å²) in [6.45, 7) is 3.70. The summed E-state index contributed by atoms with van der Waals surface area (Å²) >= 11 is 5.95. The van der Waals surface area contributed by atoms with Crippen molar-refractivity contribution < 1.29 is 14.7 Å². The second kappa shape index (κ2) is 7.93. The van der Waals surface area contributed by atoms with Crippen LogP contribution in [0.3, 0.4) is 0 Å². The summed E-state index contributed by atoms with van der Waals surface area (Å²) in [4.78, 5) is 27.8. The molecule has 1 aromatic heterocycles. The number of ketones is 1. The minimum Gasteiger partial charge on any atom is -0.506 e. The third-order valence-corrected chi connectivity index (χ3v) is 3.55. The van der Waals surface area contributed by atoms with E-state index in [0.717, 1.165) is 5.56 Å². The molecular weight excluding hydrogens is 328 g/mol. The molecule has 0 radical (unpaired) electrons. The third-order valence-electron chi connectivity index (χ3n) is 3.32. The second-order valence-corrected chi connectivity index (χ2v) is 6.18. The van der Waals surface area contributed by atoms with Crippen molar-refractivity contribution in [1.82, 2.24) is 10.3 Å². The van der Waals surface area contributed by atoms with E-state index in [1.54, 1.807) is 18.2 Å². The van der Waals surface area contributed by atoms with Crippen LogP contribution in [0.15, 0.2) is 36.5 Å². The normalized spacial score (nSPS) is 10.7. The largest absolute Gasteiger partial charge is 0.506 e. The molecule has 2 rings (SSSR count). The Hall–Kier alpha value is -2.40. The van der Waals surface area contributed by atoms with Crippen LogP contribution in [0.25, 0.3) is 11.1 Å². The Morgan fingerprint density at radius 1 is 1.21 bits per heavy atom. The molecule has 1 heterocycles. The maximum atomic E-state index is 12.1. The van der Waals surface area contributed by atoms with Gasteiger partial charge >= 0.3 is 0 Å². The van der Waals surface area contributed by atoms with E-state index >= 15 is 0 Å². The Labute approximate surface area is 145 Å². The quantitative estimate of drug-likeness (QED) is 0.783. The van der Waals surface area contributed by atoms with Gasteiger partial charge in [-0.25, -0.2) is 4.98 Å². The number of aromatic nitrogens is 1. The number of pyridine rings is 1. The lowest BCUT2D eigenvalue weighted by atomic mass is 10.1. The number of hydrogen-bond donors (Lipinski definition) is 2. The number of benzene rings is 1. The summed E-state index contributed by atoms with van der Waals surface area (Å²) in [6, 6.07) is 8.62. The number of halogens is 1. The van der Waals surface area contributed by atoms with E-state index in [1.165, 1.54) is 12.3 Å². The summed E-state index contributed by atoms with van der Waals surface area (Å²) in [5.74, 6) is -0.779. The molecule has 0 aliphatic rings. The van der Waals surface area contributed by atoms with Gasteiger partial charge in [0.2, 0.25) is 5.91 Å². The highest BCUT2D eigenvalue weighted by molar-refractivity contribution is 6.30. The van der Waals surface area contributed by atoms with Crippen LogP contribution in [-0.4, -0.2) is 27.8 Å². The van der Waals surface area contributed by atoms with Gasteiger partial charge in [-0.2, -0.15) is 0 Å². The van der Waals surface area contributed by atoms with Gasteiger partial charge in [-0.05, 0) is 37.6 Å². The van der Waals surface area contributed by atoms with Crippen molar-refractivity contribution in [1.29, 1.82) is 0 Å². The van der Waals surface area contributed by atoms with Crippen LogP contribution < -0.4 is 5.32 Å². The first-order valence-corrected chi connectivity index (χ1v) is 8.02. The number of nitrogens with one attached hydrogen (secondary N) is 1. The van der Waals surface area contributed by atoms with Gasteiger partial charge in [0.1, 0.15) is 11.4 Å². The lowest BCUT2D eigenvalue weighted by Crippen LogP contribution is -2.30. The summed E-state index contributed by atoms with van der Waals surface area (Å²) in [5, 5.41) is 13.4. The number of rotatable bonds is 6. The van der Waals surface area contributed by atoms with E-state index in [2.05, 4.69) is 10.3 Å². The molecular formula is C18H19ClN2O3. The zero-order valence-electron chi connectivity index (χ0n) is 13.5. The van der Waals surface area contributed by atoms with E-state index in [1.807, 2.05) is 19.9 Å². The van der Waals surface area contributed by atoms with Crippen molar-refractivity contribution in [2.24, 2.45) is 0 Å². The molecule has 0 unspecified atom stereocenters. The van der Waals surface area contributed by atoms with Gasteiger partial charge in [0.05, 0.1) is 0 Å². The standard InChI is InChI=1S/C18H19ClN2O3/c1-11(2)21-17(24)7-6-15(22)18-16(23)9-13(10-20-18)12-4-3-5-14(19)8-12/h3-5,8-11,23H,6-7H2,1-2H3,(H,21,24). The molecule has 5 nitrogen and oxygen atoms in total. The maximum absolute atomic E-state index is 12.1. The van der Waals surface area contributed by atoms with E-state index in [9.17, 15) is 14.7 Å². The molecule has 1 aromatic carbocycles. The fourth-order valence-electron chi connectivity index (χ4n) is 2.23. The minimum absolute atomic E-state index is 0.00434. The molecule has 0 aliphatic carbocycles. The lowest BCUT2D eigenvalue weighted by Gasteiger charge is -2.09. The Bertz CT molecular complexity index is 760. The van der Waals surface area contributed by atoms with Gasteiger partial charge in [0.15, 0.2) is 5.78 Å². The second-order valence-electron chi connectivity index (χ2n) is 5.75. The molecule has 1 amide bonds. The van der Waals surface area contributed by atoms with Gasteiger partial charge in [0.25, 0.3) is 0 Å². The fourth-order valence-corrected chi connectivity index (χ4v) is 2.42. The van der Waals surface area contributed by atoms with E-state index < -0.39 is 0 Å². The number of carbonyl (C=O) groups excluding carboxylic acids is 2. The molecule has 0 spiro atoms. The van der Waals surface area contributed by atoms with Gasteiger partial charge < -0.3 is 10.4 Å². The van der Waals surface area contributed by atoms with Crippen LogP contribution >= 0.6 is 11.6 Å². The highest BCUT2D eigenvalue weighted by Crippen LogP contribution is 2.27. The molecule has 2 N–H and O–H groups in total. The van der Waals surface area contributed by atoms with Crippen LogP contribution in [0.5, 0.6) is 5.75 Å². The number of hydrogen-bond acceptors (Lipinski definition) is 4. The topological polar surface area (TPSA) is 79.3 Å².